The average molecular weight is 389 g/mol. The van der Waals surface area contributed by atoms with E-state index < -0.39 is 22.6 Å². The van der Waals surface area contributed by atoms with Gasteiger partial charge in [-0.3, -0.25) is 19.7 Å². The number of rotatable bonds is 4. The zero-order valence-electron chi connectivity index (χ0n) is 13.9. The molecule has 0 bridgehead atoms. The fourth-order valence-electron chi connectivity index (χ4n) is 2.38. The van der Waals surface area contributed by atoms with Gasteiger partial charge in [-0.1, -0.05) is 17.4 Å². The fraction of sp³-hybridized carbons (Fsp3) is 0.118. The van der Waals surface area contributed by atoms with Crippen molar-refractivity contribution in [3.05, 3.63) is 68.8 Å². The molecule has 138 valence electrons. The molecule has 0 radical (unpaired) electrons. The Bertz CT molecular complexity index is 1140. The van der Waals surface area contributed by atoms with Crippen LogP contribution in [0.25, 0.3) is 10.2 Å². The number of benzene rings is 2. The Morgan fingerprint density at radius 3 is 2.78 bits per heavy atom. The Labute approximate surface area is 155 Å². The number of methoxy groups -OCH3 is 1. The summed E-state index contributed by atoms with van der Waals surface area (Å²) in [5.41, 5.74) is 0.298. The van der Waals surface area contributed by atoms with Gasteiger partial charge < -0.3 is 9.30 Å². The standard InChI is InChI=1S/C17H12FN3O5S/c1-26-15(22)9-20-13-6-5-11(18)8-14(13)27-17(20)19-16(23)10-3-2-4-12(7-10)21(24)25/h2-8H,9H2,1H3. The number of nitrogens with zero attached hydrogens (tertiary/aromatic N) is 3. The number of thiazole rings is 1. The Kier molecular flexibility index (Phi) is 5.08. The number of hydrogen-bond donors (Lipinski definition) is 0. The molecule has 0 N–H and O–H groups in total. The Morgan fingerprint density at radius 1 is 1.30 bits per heavy atom. The van der Waals surface area contributed by atoms with Gasteiger partial charge in [-0.2, -0.15) is 4.99 Å². The molecular formula is C17H12FN3O5S. The van der Waals surface area contributed by atoms with Crippen molar-refractivity contribution in [3.8, 4) is 0 Å². The van der Waals surface area contributed by atoms with E-state index in [1.54, 1.807) is 0 Å². The van der Waals surface area contributed by atoms with Gasteiger partial charge in [0.15, 0.2) is 4.80 Å². The van der Waals surface area contributed by atoms with Crippen molar-refractivity contribution in [2.75, 3.05) is 7.11 Å². The monoisotopic (exact) mass is 389 g/mol. The van der Waals surface area contributed by atoms with Crippen LogP contribution >= 0.6 is 11.3 Å². The number of amides is 1. The van der Waals surface area contributed by atoms with E-state index in [2.05, 4.69) is 9.73 Å². The summed E-state index contributed by atoms with van der Waals surface area (Å²) in [4.78, 5) is 38.5. The molecule has 1 aromatic heterocycles. The van der Waals surface area contributed by atoms with Crippen LogP contribution < -0.4 is 4.80 Å². The maximum Gasteiger partial charge on any atom is 0.325 e. The highest BCUT2D eigenvalue weighted by Crippen LogP contribution is 2.19. The van der Waals surface area contributed by atoms with Crippen LogP contribution in [0.4, 0.5) is 10.1 Å². The second-order valence-corrected chi connectivity index (χ2v) is 6.39. The molecule has 3 rings (SSSR count). The number of ether oxygens (including phenoxy) is 1. The average Bonchev–Trinajstić information content (AvgIpc) is 2.97. The lowest BCUT2D eigenvalue weighted by molar-refractivity contribution is -0.384. The van der Waals surface area contributed by atoms with Gasteiger partial charge in [-0.05, 0) is 24.3 Å². The summed E-state index contributed by atoms with van der Waals surface area (Å²) in [5, 5.41) is 10.9. The quantitative estimate of drug-likeness (QED) is 0.388. The molecular weight excluding hydrogens is 377 g/mol. The van der Waals surface area contributed by atoms with Gasteiger partial charge in [0.1, 0.15) is 12.4 Å². The predicted octanol–water partition coefficient (Wildman–Crippen LogP) is 2.66. The van der Waals surface area contributed by atoms with Crippen LogP contribution in [0.15, 0.2) is 47.5 Å². The van der Waals surface area contributed by atoms with E-state index in [1.807, 2.05) is 0 Å². The number of aromatic nitrogens is 1. The lowest BCUT2D eigenvalue weighted by Crippen LogP contribution is -2.22. The number of nitro groups is 1. The minimum atomic E-state index is -0.718. The smallest absolute Gasteiger partial charge is 0.325 e. The van der Waals surface area contributed by atoms with E-state index in [0.29, 0.717) is 10.2 Å². The van der Waals surface area contributed by atoms with Gasteiger partial charge >= 0.3 is 5.97 Å². The first-order chi connectivity index (χ1) is 12.9. The second kappa shape index (κ2) is 7.46. The van der Waals surface area contributed by atoms with Crippen molar-refractivity contribution in [3.63, 3.8) is 0 Å². The summed E-state index contributed by atoms with van der Waals surface area (Å²) in [7, 11) is 1.22. The molecule has 0 aliphatic rings. The molecule has 0 saturated carbocycles. The SMILES string of the molecule is COC(=O)Cn1c(=NC(=O)c2cccc([N+](=O)[O-])c2)sc2cc(F)ccc21. The summed E-state index contributed by atoms with van der Waals surface area (Å²) >= 11 is 1.02. The highest BCUT2D eigenvalue weighted by atomic mass is 32.1. The van der Waals surface area contributed by atoms with Crippen molar-refractivity contribution in [2.45, 2.75) is 6.54 Å². The molecule has 0 unspecified atom stereocenters. The molecule has 0 aliphatic heterocycles. The predicted molar refractivity (Wildman–Crippen MR) is 94.8 cm³/mol. The van der Waals surface area contributed by atoms with E-state index in [0.717, 1.165) is 17.4 Å². The summed E-state index contributed by atoms with van der Waals surface area (Å²) < 4.78 is 20.1. The molecule has 0 saturated heterocycles. The molecule has 0 fully saturated rings. The lowest BCUT2D eigenvalue weighted by Gasteiger charge is -2.03. The maximum absolute atomic E-state index is 13.5. The van der Waals surface area contributed by atoms with Gasteiger partial charge in [0.05, 0.1) is 22.2 Å². The molecule has 10 heteroatoms. The van der Waals surface area contributed by atoms with E-state index in [1.165, 1.54) is 48.1 Å². The van der Waals surface area contributed by atoms with Crippen LogP contribution in [0.2, 0.25) is 0 Å². The van der Waals surface area contributed by atoms with Crippen LogP contribution in [0.3, 0.4) is 0 Å². The first-order valence-corrected chi connectivity index (χ1v) is 8.40. The first kappa shape index (κ1) is 18.4. The van der Waals surface area contributed by atoms with Crippen molar-refractivity contribution in [2.24, 2.45) is 4.99 Å². The van der Waals surface area contributed by atoms with Crippen molar-refractivity contribution < 1.29 is 23.6 Å². The van der Waals surface area contributed by atoms with Crippen molar-refractivity contribution in [1.29, 1.82) is 0 Å². The van der Waals surface area contributed by atoms with Crippen LogP contribution in [-0.2, 0) is 16.1 Å². The molecule has 8 nitrogen and oxygen atoms in total. The topological polar surface area (TPSA) is 104 Å². The summed E-state index contributed by atoms with van der Waals surface area (Å²) in [6.07, 6.45) is 0. The van der Waals surface area contributed by atoms with Crippen LogP contribution in [-0.4, -0.2) is 28.5 Å². The molecule has 0 spiro atoms. The van der Waals surface area contributed by atoms with Gasteiger partial charge in [-0.25, -0.2) is 4.39 Å². The number of non-ortho nitro benzene ring substituents is 1. The van der Waals surface area contributed by atoms with Crippen LogP contribution in [0.1, 0.15) is 10.4 Å². The van der Waals surface area contributed by atoms with E-state index >= 15 is 0 Å². The highest BCUT2D eigenvalue weighted by molar-refractivity contribution is 7.16. The van der Waals surface area contributed by atoms with Crippen LogP contribution in [0, 0.1) is 15.9 Å². The van der Waals surface area contributed by atoms with Gasteiger partial charge in [-0.15, -0.1) is 0 Å². The molecule has 27 heavy (non-hydrogen) atoms. The zero-order valence-corrected chi connectivity index (χ0v) is 14.7. The van der Waals surface area contributed by atoms with Gasteiger partial charge in [0.25, 0.3) is 11.6 Å². The number of esters is 1. The van der Waals surface area contributed by atoms with E-state index in [-0.39, 0.29) is 22.6 Å². The Balaban J connectivity index is 2.12. The zero-order chi connectivity index (χ0) is 19.6. The third-order valence-corrected chi connectivity index (χ3v) is 4.70. The summed E-state index contributed by atoms with van der Waals surface area (Å²) in [6, 6.07) is 9.13. The largest absolute Gasteiger partial charge is 0.468 e. The number of carbonyl (C=O) groups excluding carboxylic acids is 2. The third-order valence-electron chi connectivity index (χ3n) is 3.66. The van der Waals surface area contributed by atoms with Crippen molar-refractivity contribution >= 4 is 39.1 Å². The second-order valence-electron chi connectivity index (χ2n) is 5.38. The van der Waals surface area contributed by atoms with Gasteiger partial charge in [0.2, 0.25) is 0 Å². The normalized spacial score (nSPS) is 11.6. The first-order valence-electron chi connectivity index (χ1n) is 7.58. The Morgan fingerprint density at radius 2 is 2.07 bits per heavy atom. The lowest BCUT2D eigenvalue weighted by atomic mass is 10.2. The minimum absolute atomic E-state index is 0.0254. The number of hydrogen-bond acceptors (Lipinski definition) is 6. The Hall–Kier alpha value is -3.40. The van der Waals surface area contributed by atoms with Gasteiger partial charge in [0, 0.05) is 17.7 Å². The van der Waals surface area contributed by atoms with E-state index in [4.69, 9.17) is 0 Å². The number of fused-ring (bicyclic) bond motifs is 1. The van der Waals surface area contributed by atoms with E-state index in [9.17, 15) is 24.1 Å². The summed E-state index contributed by atoms with van der Waals surface area (Å²) in [6.45, 7) is -0.219. The number of nitro benzene ring substituents is 1. The molecule has 3 aromatic rings. The third kappa shape index (κ3) is 3.90. The molecule has 0 atom stereocenters. The molecule has 0 aliphatic carbocycles. The molecule has 2 aromatic carbocycles. The molecule has 1 heterocycles. The van der Waals surface area contributed by atoms with Crippen LogP contribution in [0.5, 0.6) is 0 Å². The maximum atomic E-state index is 13.5. The fourth-order valence-corrected chi connectivity index (χ4v) is 3.44. The number of carbonyl (C=O) groups is 2. The van der Waals surface area contributed by atoms with Crippen molar-refractivity contribution in [1.82, 2.24) is 4.57 Å². The summed E-state index contributed by atoms with van der Waals surface area (Å²) in [5.74, 6) is -1.75. The minimum Gasteiger partial charge on any atom is -0.468 e. The number of halogens is 1. The highest BCUT2D eigenvalue weighted by Gasteiger charge is 2.14. The molecule has 1 amide bonds.